The van der Waals surface area contributed by atoms with Crippen LogP contribution in [0.1, 0.15) is 38.3 Å². The van der Waals surface area contributed by atoms with Crippen molar-refractivity contribution in [2.24, 2.45) is 0 Å². The van der Waals surface area contributed by atoms with Crippen molar-refractivity contribution in [3.8, 4) is 0 Å². The van der Waals surface area contributed by atoms with Crippen molar-refractivity contribution in [1.29, 1.82) is 0 Å². The average Bonchev–Trinajstić information content (AvgIpc) is 2.43. The summed E-state index contributed by atoms with van der Waals surface area (Å²) in [5.74, 6) is 0. The summed E-state index contributed by atoms with van der Waals surface area (Å²) in [7, 11) is -3.67. The number of rotatable bonds is 7. The van der Waals surface area contributed by atoms with Crippen LogP contribution >= 0.6 is 0 Å². The van der Waals surface area contributed by atoms with Gasteiger partial charge in [-0.25, -0.2) is 13.1 Å². The molecule has 1 atom stereocenters. The van der Waals surface area contributed by atoms with Gasteiger partial charge >= 0.3 is 0 Å². The Kier molecular flexibility index (Phi) is 5.98. The van der Waals surface area contributed by atoms with Gasteiger partial charge in [0.1, 0.15) is 0 Å². The molecule has 0 aliphatic heterocycles. The molecule has 5 nitrogen and oxygen atoms in total. The number of sulfonamides is 1. The van der Waals surface area contributed by atoms with Gasteiger partial charge in [-0.2, -0.15) is 0 Å². The molecule has 6 heteroatoms. The molecule has 4 N–H and O–H groups in total. The van der Waals surface area contributed by atoms with Crippen LogP contribution in [0.3, 0.4) is 0 Å². The van der Waals surface area contributed by atoms with E-state index in [0.29, 0.717) is 30.5 Å². The predicted molar refractivity (Wildman–Crippen MR) is 81.1 cm³/mol. The average molecular weight is 300 g/mol. The number of nitrogens with two attached hydrogens (primary N) is 1. The molecule has 114 valence electrons. The van der Waals surface area contributed by atoms with Gasteiger partial charge in [0, 0.05) is 11.7 Å². The fraction of sp³-hybridized carbons (Fsp3) is 0.571. The van der Waals surface area contributed by atoms with Gasteiger partial charge in [-0.1, -0.05) is 20.8 Å². The summed E-state index contributed by atoms with van der Waals surface area (Å²) in [6, 6.07) is 3.01. The quantitative estimate of drug-likeness (QED) is 0.664. The summed E-state index contributed by atoms with van der Waals surface area (Å²) in [6.45, 7) is 5.42. The van der Waals surface area contributed by atoms with Crippen molar-refractivity contribution in [1.82, 2.24) is 4.72 Å². The van der Waals surface area contributed by atoms with Crippen molar-refractivity contribution >= 4 is 15.7 Å². The fourth-order valence-corrected chi connectivity index (χ4v) is 3.78. The molecular weight excluding hydrogens is 276 g/mol. The number of nitrogen functional groups attached to an aromatic ring is 1. The third-order valence-corrected chi connectivity index (χ3v) is 4.98. The van der Waals surface area contributed by atoms with E-state index in [0.717, 1.165) is 5.56 Å². The Labute approximate surface area is 121 Å². The van der Waals surface area contributed by atoms with Crippen molar-refractivity contribution in [3.63, 3.8) is 0 Å². The first kappa shape index (κ1) is 16.9. The zero-order valence-electron chi connectivity index (χ0n) is 12.3. The zero-order chi connectivity index (χ0) is 15.3. The maximum atomic E-state index is 12.5. The lowest BCUT2D eigenvalue weighted by molar-refractivity contribution is 0.254. The van der Waals surface area contributed by atoms with Crippen molar-refractivity contribution in [2.75, 3.05) is 12.3 Å². The molecule has 0 bridgehead atoms. The Morgan fingerprint density at radius 2 is 1.90 bits per heavy atom. The van der Waals surface area contributed by atoms with E-state index < -0.39 is 16.1 Å². The molecule has 0 aromatic heterocycles. The lowest BCUT2D eigenvalue weighted by atomic mass is 10.1. The van der Waals surface area contributed by atoms with Crippen LogP contribution < -0.4 is 10.5 Å². The normalized spacial score (nSPS) is 13.4. The fourth-order valence-electron chi connectivity index (χ4n) is 2.08. The number of anilines is 1. The van der Waals surface area contributed by atoms with E-state index in [4.69, 9.17) is 10.8 Å². The molecule has 1 aromatic rings. The molecule has 0 amide bonds. The number of hydrogen-bond donors (Lipinski definition) is 3. The Hall–Kier alpha value is -1.11. The van der Waals surface area contributed by atoms with E-state index in [1.807, 2.05) is 26.8 Å². The maximum absolute atomic E-state index is 12.5. The molecule has 0 aliphatic carbocycles. The third-order valence-electron chi connectivity index (χ3n) is 3.39. The Balaban J connectivity index is 3.32. The Morgan fingerprint density at radius 3 is 2.35 bits per heavy atom. The van der Waals surface area contributed by atoms with E-state index >= 15 is 0 Å². The highest BCUT2D eigenvalue weighted by atomic mass is 32.2. The number of benzene rings is 1. The molecule has 20 heavy (non-hydrogen) atoms. The van der Waals surface area contributed by atoms with Crippen LogP contribution in [0.25, 0.3) is 0 Å². The van der Waals surface area contributed by atoms with E-state index in [1.54, 1.807) is 6.07 Å². The molecule has 0 radical (unpaired) electrons. The second kappa shape index (κ2) is 7.06. The first-order chi connectivity index (χ1) is 9.39. The summed E-state index contributed by atoms with van der Waals surface area (Å²) in [5.41, 5.74) is 7.98. The smallest absolute Gasteiger partial charge is 0.241 e. The van der Waals surface area contributed by atoms with Gasteiger partial charge in [0.15, 0.2) is 0 Å². The first-order valence-electron chi connectivity index (χ1n) is 6.93. The van der Waals surface area contributed by atoms with E-state index in [9.17, 15) is 8.42 Å². The predicted octanol–water partition coefficient (Wildman–Crippen LogP) is 1.44. The topological polar surface area (TPSA) is 92.4 Å². The monoisotopic (exact) mass is 300 g/mol. The Bertz CT molecular complexity index is 552. The second-order valence-corrected chi connectivity index (χ2v) is 6.46. The standard InChI is InChI=1S/C14H24N2O3S/c1-4-10-7-13(15)12(6-3)14(8-10)20(18,19)16-11(5-2)9-17/h7-8,11,16-17H,4-6,9,15H2,1-3H3. The van der Waals surface area contributed by atoms with E-state index in [-0.39, 0.29) is 11.5 Å². The molecule has 1 aromatic carbocycles. The van der Waals surface area contributed by atoms with Crippen molar-refractivity contribution in [2.45, 2.75) is 51.0 Å². The van der Waals surface area contributed by atoms with Crippen LogP contribution in [-0.4, -0.2) is 26.2 Å². The lowest BCUT2D eigenvalue weighted by Crippen LogP contribution is -2.37. The van der Waals surface area contributed by atoms with Gasteiger partial charge in [-0.3, -0.25) is 0 Å². The highest BCUT2D eigenvalue weighted by Crippen LogP contribution is 2.25. The molecule has 0 fully saturated rings. The van der Waals surface area contributed by atoms with Gasteiger partial charge in [-0.05, 0) is 42.5 Å². The molecule has 0 aliphatic rings. The summed E-state index contributed by atoms with van der Waals surface area (Å²) < 4.78 is 27.5. The van der Waals surface area contributed by atoms with Crippen molar-refractivity contribution < 1.29 is 13.5 Å². The minimum atomic E-state index is -3.67. The number of hydrogen-bond acceptors (Lipinski definition) is 4. The van der Waals surface area contributed by atoms with Crippen LogP contribution in [0, 0.1) is 0 Å². The number of aryl methyl sites for hydroxylation is 1. The van der Waals surface area contributed by atoms with Crippen LogP contribution in [0.2, 0.25) is 0 Å². The van der Waals surface area contributed by atoms with Gasteiger partial charge in [0.25, 0.3) is 0 Å². The number of aliphatic hydroxyl groups excluding tert-OH is 1. The summed E-state index contributed by atoms with van der Waals surface area (Å²) in [5, 5.41) is 9.17. The minimum Gasteiger partial charge on any atom is -0.398 e. The molecule has 0 spiro atoms. The zero-order valence-corrected chi connectivity index (χ0v) is 13.1. The third kappa shape index (κ3) is 3.71. The summed E-state index contributed by atoms with van der Waals surface area (Å²) >= 11 is 0. The highest BCUT2D eigenvalue weighted by Gasteiger charge is 2.23. The molecule has 0 saturated carbocycles. The molecule has 0 heterocycles. The summed E-state index contributed by atoms with van der Waals surface area (Å²) in [4.78, 5) is 0.226. The van der Waals surface area contributed by atoms with Crippen LogP contribution in [0.15, 0.2) is 17.0 Å². The summed E-state index contributed by atoms with van der Waals surface area (Å²) in [6.07, 6.45) is 1.79. The first-order valence-corrected chi connectivity index (χ1v) is 8.42. The van der Waals surface area contributed by atoms with Gasteiger partial charge in [0.05, 0.1) is 11.5 Å². The SMILES string of the molecule is CCc1cc(N)c(CC)c(S(=O)(=O)NC(CC)CO)c1. The second-order valence-electron chi connectivity index (χ2n) is 4.78. The minimum absolute atomic E-state index is 0.222. The Morgan fingerprint density at radius 1 is 1.25 bits per heavy atom. The van der Waals surface area contributed by atoms with Crippen LogP contribution in [0.4, 0.5) is 5.69 Å². The van der Waals surface area contributed by atoms with Gasteiger partial charge in [-0.15, -0.1) is 0 Å². The number of aliphatic hydroxyl groups is 1. The number of nitrogens with one attached hydrogen (secondary N) is 1. The van der Waals surface area contributed by atoms with Crippen LogP contribution in [-0.2, 0) is 22.9 Å². The van der Waals surface area contributed by atoms with E-state index in [1.165, 1.54) is 0 Å². The van der Waals surface area contributed by atoms with Gasteiger partial charge in [0.2, 0.25) is 10.0 Å². The van der Waals surface area contributed by atoms with Crippen molar-refractivity contribution in [3.05, 3.63) is 23.3 Å². The molecular formula is C14H24N2O3S. The largest absolute Gasteiger partial charge is 0.398 e. The molecule has 0 saturated heterocycles. The molecule has 1 unspecified atom stereocenters. The van der Waals surface area contributed by atoms with E-state index in [2.05, 4.69) is 4.72 Å². The maximum Gasteiger partial charge on any atom is 0.241 e. The van der Waals surface area contributed by atoms with Gasteiger partial charge < -0.3 is 10.8 Å². The van der Waals surface area contributed by atoms with Crippen LogP contribution in [0.5, 0.6) is 0 Å². The lowest BCUT2D eigenvalue weighted by Gasteiger charge is -2.18. The highest BCUT2D eigenvalue weighted by molar-refractivity contribution is 7.89. The molecule has 1 rings (SSSR count).